The van der Waals surface area contributed by atoms with Crippen LogP contribution < -0.4 is 14.7 Å². The molecule has 0 atom stereocenters. The third-order valence-corrected chi connectivity index (χ3v) is 3.85. The van der Waals surface area contributed by atoms with Crippen LogP contribution in [0, 0.1) is 6.92 Å². The number of aromatic nitrogens is 4. The topological polar surface area (TPSA) is 61.3 Å². The van der Waals surface area contributed by atoms with E-state index in [9.17, 15) is 0 Å². The van der Waals surface area contributed by atoms with E-state index in [-0.39, 0.29) is 0 Å². The monoisotopic (exact) mass is 299 g/mol. The minimum Gasteiger partial charge on any atom is -0.363 e. The highest BCUT2D eigenvalue weighted by Crippen LogP contribution is 2.20. The summed E-state index contributed by atoms with van der Waals surface area (Å²) in [6.07, 6.45) is 5.12. The zero-order chi connectivity index (χ0) is 15.5. The van der Waals surface area contributed by atoms with Crippen molar-refractivity contribution in [2.45, 2.75) is 6.92 Å². The molecule has 7 heteroatoms. The van der Waals surface area contributed by atoms with Gasteiger partial charge in [-0.25, -0.2) is 15.0 Å². The molecule has 0 aromatic carbocycles. The molecule has 0 N–H and O–H groups in total. The van der Waals surface area contributed by atoms with Gasteiger partial charge in [0.15, 0.2) is 0 Å². The molecule has 0 amide bonds. The molecule has 0 unspecified atom stereocenters. The van der Waals surface area contributed by atoms with Crippen LogP contribution in [0.15, 0.2) is 24.8 Å². The van der Waals surface area contributed by atoms with Crippen LogP contribution in [0.3, 0.4) is 0 Å². The second-order valence-corrected chi connectivity index (χ2v) is 5.57. The van der Waals surface area contributed by atoms with Crippen LogP contribution in [0.5, 0.6) is 0 Å². The Morgan fingerprint density at radius 1 is 0.909 bits per heavy atom. The number of rotatable bonds is 3. The number of aryl methyl sites for hydroxylation is 1. The van der Waals surface area contributed by atoms with E-state index in [1.165, 1.54) is 0 Å². The minimum absolute atomic E-state index is 0.917. The van der Waals surface area contributed by atoms with Crippen LogP contribution in [-0.2, 0) is 0 Å². The first-order chi connectivity index (χ1) is 10.6. The Morgan fingerprint density at radius 2 is 1.59 bits per heavy atom. The molecule has 0 spiro atoms. The number of nitrogens with zero attached hydrogens (tertiary/aromatic N) is 7. The lowest BCUT2D eigenvalue weighted by molar-refractivity contribution is 0.638. The maximum absolute atomic E-state index is 4.45. The van der Waals surface area contributed by atoms with E-state index in [0.29, 0.717) is 0 Å². The molecule has 2 aromatic heterocycles. The van der Waals surface area contributed by atoms with E-state index in [1.807, 2.05) is 32.0 Å². The lowest BCUT2D eigenvalue weighted by Crippen LogP contribution is -2.47. The van der Waals surface area contributed by atoms with Gasteiger partial charge in [0.1, 0.15) is 23.8 Å². The Balaban J connectivity index is 1.69. The standard InChI is InChI=1S/C15H21N7/c1-12-15(17-5-4-16-12)22-8-6-21(7-9-22)14-10-13(20(2)3)18-11-19-14/h4-5,10-11H,6-9H2,1-3H3. The second kappa shape index (κ2) is 6.13. The van der Waals surface area contributed by atoms with Crippen molar-refractivity contribution in [3.8, 4) is 0 Å². The molecule has 0 aliphatic carbocycles. The van der Waals surface area contributed by atoms with Gasteiger partial charge in [0.2, 0.25) is 0 Å². The molecule has 116 valence electrons. The molecule has 1 aliphatic rings. The number of hydrogen-bond donors (Lipinski definition) is 0. The Bertz CT molecular complexity index is 635. The number of hydrogen-bond acceptors (Lipinski definition) is 7. The zero-order valence-corrected chi connectivity index (χ0v) is 13.3. The lowest BCUT2D eigenvalue weighted by Gasteiger charge is -2.36. The third kappa shape index (κ3) is 2.93. The fourth-order valence-corrected chi connectivity index (χ4v) is 2.61. The van der Waals surface area contributed by atoms with E-state index in [4.69, 9.17) is 0 Å². The van der Waals surface area contributed by atoms with Gasteiger partial charge in [-0.05, 0) is 6.92 Å². The Labute approximate surface area is 130 Å². The van der Waals surface area contributed by atoms with E-state index in [2.05, 4.69) is 29.7 Å². The molecule has 0 saturated carbocycles. The molecule has 1 aliphatic heterocycles. The highest BCUT2D eigenvalue weighted by Gasteiger charge is 2.20. The fourth-order valence-electron chi connectivity index (χ4n) is 2.61. The molecule has 0 radical (unpaired) electrons. The van der Waals surface area contributed by atoms with Gasteiger partial charge >= 0.3 is 0 Å². The van der Waals surface area contributed by atoms with Crippen LogP contribution in [0.2, 0.25) is 0 Å². The van der Waals surface area contributed by atoms with Gasteiger partial charge in [-0.15, -0.1) is 0 Å². The van der Waals surface area contributed by atoms with Crippen molar-refractivity contribution >= 4 is 17.5 Å². The van der Waals surface area contributed by atoms with E-state index < -0.39 is 0 Å². The summed E-state index contributed by atoms with van der Waals surface area (Å²) >= 11 is 0. The Kier molecular flexibility index (Phi) is 4.04. The van der Waals surface area contributed by atoms with Gasteiger partial charge in [0.25, 0.3) is 0 Å². The highest BCUT2D eigenvalue weighted by atomic mass is 15.3. The third-order valence-electron chi connectivity index (χ3n) is 3.85. The van der Waals surface area contributed by atoms with Crippen LogP contribution >= 0.6 is 0 Å². The summed E-state index contributed by atoms with van der Waals surface area (Å²) in [5, 5.41) is 0. The minimum atomic E-state index is 0.917. The van der Waals surface area contributed by atoms with Crippen molar-refractivity contribution in [2.75, 3.05) is 55.0 Å². The maximum Gasteiger partial charge on any atom is 0.150 e. The first kappa shape index (κ1) is 14.5. The SMILES string of the molecule is Cc1nccnc1N1CCN(c2cc(N(C)C)ncn2)CC1. The summed E-state index contributed by atoms with van der Waals surface area (Å²) in [4.78, 5) is 24.0. The molecule has 7 nitrogen and oxygen atoms in total. The summed E-state index contributed by atoms with van der Waals surface area (Å²) in [5.74, 6) is 2.89. The number of anilines is 3. The summed E-state index contributed by atoms with van der Waals surface area (Å²) in [6, 6.07) is 2.03. The van der Waals surface area contributed by atoms with Crippen molar-refractivity contribution in [1.29, 1.82) is 0 Å². The quantitative estimate of drug-likeness (QED) is 0.836. The van der Waals surface area contributed by atoms with Crippen molar-refractivity contribution in [2.24, 2.45) is 0 Å². The van der Waals surface area contributed by atoms with Gasteiger partial charge < -0.3 is 14.7 Å². The fraction of sp³-hybridized carbons (Fsp3) is 0.467. The average Bonchev–Trinajstić information content (AvgIpc) is 2.56. The van der Waals surface area contributed by atoms with E-state index in [0.717, 1.165) is 49.3 Å². The van der Waals surface area contributed by atoms with Crippen molar-refractivity contribution in [1.82, 2.24) is 19.9 Å². The maximum atomic E-state index is 4.45. The second-order valence-electron chi connectivity index (χ2n) is 5.57. The van der Waals surface area contributed by atoms with Gasteiger partial charge in [-0.3, -0.25) is 4.98 Å². The summed E-state index contributed by atoms with van der Waals surface area (Å²) in [6.45, 7) is 5.67. The largest absolute Gasteiger partial charge is 0.363 e. The predicted octanol–water partition coefficient (Wildman–Crippen LogP) is 0.968. The summed E-state index contributed by atoms with van der Waals surface area (Å²) < 4.78 is 0. The predicted molar refractivity (Wildman–Crippen MR) is 87.6 cm³/mol. The molecule has 1 saturated heterocycles. The van der Waals surface area contributed by atoms with Gasteiger partial charge in [0.05, 0.1) is 5.69 Å². The smallest absolute Gasteiger partial charge is 0.150 e. The van der Waals surface area contributed by atoms with Crippen molar-refractivity contribution < 1.29 is 0 Å². The molecule has 3 rings (SSSR count). The highest BCUT2D eigenvalue weighted by molar-refractivity contribution is 5.51. The van der Waals surface area contributed by atoms with E-state index in [1.54, 1.807) is 18.7 Å². The first-order valence-corrected chi connectivity index (χ1v) is 7.42. The van der Waals surface area contributed by atoms with Crippen LogP contribution in [0.25, 0.3) is 0 Å². The number of piperazine rings is 1. The Hall–Kier alpha value is -2.44. The van der Waals surface area contributed by atoms with Gasteiger partial charge in [-0.2, -0.15) is 0 Å². The molecule has 22 heavy (non-hydrogen) atoms. The first-order valence-electron chi connectivity index (χ1n) is 7.42. The average molecular weight is 299 g/mol. The summed E-state index contributed by atoms with van der Waals surface area (Å²) in [7, 11) is 3.97. The van der Waals surface area contributed by atoms with Crippen molar-refractivity contribution in [3.05, 3.63) is 30.5 Å². The van der Waals surface area contributed by atoms with Crippen LogP contribution in [0.1, 0.15) is 5.69 Å². The molecule has 3 heterocycles. The van der Waals surface area contributed by atoms with Crippen LogP contribution in [-0.4, -0.2) is 60.2 Å². The van der Waals surface area contributed by atoms with Crippen LogP contribution in [0.4, 0.5) is 17.5 Å². The van der Waals surface area contributed by atoms with Gasteiger partial charge in [-0.1, -0.05) is 0 Å². The van der Waals surface area contributed by atoms with E-state index >= 15 is 0 Å². The Morgan fingerprint density at radius 3 is 2.27 bits per heavy atom. The molecule has 0 bridgehead atoms. The molecular weight excluding hydrogens is 278 g/mol. The molecule has 1 fully saturated rings. The molecular formula is C15H21N7. The van der Waals surface area contributed by atoms with Crippen molar-refractivity contribution in [3.63, 3.8) is 0 Å². The molecule has 2 aromatic rings. The lowest BCUT2D eigenvalue weighted by atomic mass is 10.3. The normalized spacial score (nSPS) is 15.0. The summed E-state index contributed by atoms with van der Waals surface area (Å²) in [5.41, 5.74) is 0.980. The van der Waals surface area contributed by atoms with Gasteiger partial charge in [0, 0.05) is 58.7 Å². The zero-order valence-electron chi connectivity index (χ0n) is 13.3.